The zero-order valence-corrected chi connectivity index (χ0v) is 8.77. The first-order valence-corrected chi connectivity index (χ1v) is 6.00. The van der Waals surface area contributed by atoms with Crippen LogP contribution in [0, 0.1) is 0 Å². The SMILES string of the molecule is CC1CSCCN1C1=CC(=O)CC1. The van der Waals surface area contributed by atoms with E-state index in [1.807, 2.05) is 17.8 Å². The van der Waals surface area contributed by atoms with Gasteiger partial charge in [0.1, 0.15) is 0 Å². The lowest BCUT2D eigenvalue weighted by molar-refractivity contribution is -0.114. The van der Waals surface area contributed by atoms with Gasteiger partial charge in [0.25, 0.3) is 0 Å². The first kappa shape index (κ1) is 9.13. The Labute approximate surface area is 83.4 Å². The van der Waals surface area contributed by atoms with Crippen molar-refractivity contribution >= 4 is 17.5 Å². The average Bonchev–Trinajstić information content (AvgIpc) is 2.53. The van der Waals surface area contributed by atoms with Gasteiger partial charge in [-0.3, -0.25) is 4.79 Å². The van der Waals surface area contributed by atoms with E-state index in [0.717, 1.165) is 19.4 Å². The molecule has 0 N–H and O–H groups in total. The zero-order valence-electron chi connectivity index (χ0n) is 7.95. The Bertz CT molecular complexity index is 249. The van der Waals surface area contributed by atoms with Gasteiger partial charge in [-0.1, -0.05) is 0 Å². The molecule has 0 aromatic carbocycles. The number of hydrogen-bond donors (Lipinski definition) is 0. The fraction of sp³-hybridized carbons (Fsp3) is 0.700. The molecule has 0 spiro atoms. The Morgan fingerprint density at radius 3 is 3.00 bits per heavy atom. The highest BCUT2D eigenvalue weighted by atomic mass is 32.2. The molecular weight excluding hydrogens is 182 g/mol. The van der Waals surface area contributed by atoms with Gasteiger partial charge in [0, 0.05) is 42.3 Å². The van der Waals surface area contributed by atoms with Crippen molar-refractivity contribution in [3.05, 3.63) is 11.8 Å². The van der Waals surface area contributed by atoms with Crippen LogP contribution in [0.4, 0.5) is 0 Å². The van der Waals surface area contributed by atoms with Crippen LogP contribution in [0.25, 0.3) is 0 Å². The summed E-state index contributed by atoms with van der Waals surface area (Å²) in [4.78, 5) is 13.5. The molecule has 0 radical (unpaired) electrons. The maximum absolute atomic E-state index is 11.1. The minimum Gasteiger partial charge on any atom is -0.370 e. The van der Waals surface area contributed by atoms with Crippen LogP contribution in [-0.4, -0.2) is 34.8 Å². The summed E-state index contributed by atoms with van der Waals surface area (Å²) >= 11 is 2.01. The largest absolute Gasteiger partial charge is 0.370 e. The van der Waals surface area contributed by atoms with E-state index in [-0.39, 0.29) is 0 Å². The predicted octanol–water partition coefficient (Wildman–Crippen LogP) is 1.67. The van der Waals surface area contributed by atoms with Gasteiger partial charge >= 0.3 is 0 Å². The monoisotopic (exact) mass is 197 g/mol. The highest BCUT2D eigenvalue weighted by Gasteiger charge is 2.24. The average molecular weight is 197 g/mol. The van der Waals surface area contributed by atoms with Gasteiger partial charge in [-0.05, 0) is 13.3 Å². The second-order valence-corrected chi connectivity index (χ2v) is 4.87. The number of ketones is 1. The highest BCUT2D eigenvalue weighted by Crippen LogP contribution is 2.26. The summed E-state index contributed by atoms with van der Waals surface area (Å²) in [5, 5.41) is 0. The summed E-state index contributed by atoms with van der Waals surface area (Å²) in [6, 6.07) is 0.607. The minimum atomic E-state index is 0.306. The summed E-state index contributed by atoms with van der Waals surface area (Å²) in [7, 11) is 0. The number of carbonyl (C=O) groups excluding carboxylic acids is 1. The summed E-state index contributed by atoms with van der Waals surface area (Å²) < 4.78 is 0. The van der Waals surface area contributed by atoms with Crippen LogP contribution in [0.2, 0.25) is 0 Å². The maximum Gasteiger partial charge on any atom is 0.157 e. The van der Waals surface area contributed by atoms with Crippen LogP contribution < -0.4 is 0 Å². The van der Waals surface area contributed by atoms with Crippen LogP contribution in [-0.2, 0) is 4.79 Å². The molecule has 0 bridgehead atoms. The molecule has 72 valence electrons. The fourth-order valence-electron chi connectivity index (χ4n) is 1.96. The molecule has 0 amide bonds. The molecule has 1 atom stereocenters. The third kappa shape index (κ3) is 1.90. The lowest BCUT2D eigenvalue weighted by Crippen LogP contribution is -2.39. The Morgan fingerprint density at radius 1 is 1.54 bits per heavy atom. The number of thioether (sulfide) groups is 1. The Balaban J connectivity index is 2.06. The molecule has 0 aromatic heterocycles. The molecule has 0 saturated carbocycles. The van der Waals surface area contributed by atoms with Crippen molar-refractivity contribution in [1.29, 1.82) is 0 Å². The van der Waals surface area contributed by atoms with Crippen molar-refractivity contribution in [2.24, 2.45) is 0 Å². The van der Waals surface area contributed by atoms with Gasteiger partial charge in [0.15, 0.2) is 5.78 Å². The van der Waals surface area contributed by atoms with Crippen LogP contribution in [0.1, 0.15) is 19.8 Å². The standard InChI is InChI=1S/C10H15NOS/c1-8-7-13-5-4-11(8)9-2-3-10(12)6-9/h6,8H,2-5,7H2,1H3. The van der Waals surface area contributed by atoms with Gasteiger partial charge in [0.2, 0.25) is 0 Å². The Morgan fingerprint density at radius 2 is 2.38 bits per heavy atom. The van der Waals surface area contributed by atoms with Crippen molar-refractivity contribution in [1.82, 2.24) is 4.90 Å². The molecule has 1 fully saturated rings. The molecule has 2 aliphatic rings. The smallest absolute Gasteiger partial charge is 0.157 e. The first-order valence-electron chi connectivity index (χ1n) is 4.85. The topological polar surface area (TPSA) is 20.3 Å². The summed E-state index contributed by atoms with van der Waals surface area (Å²) in [6.45, 7) is 3.36. The minimum absolute atomic E-state index is 0.306. The first-order chi connectivity index (χ1) is 6.27. The number of nitrogens with zero attached hydrogens (tertiary/aromatic N) is 1. The van der Waals surface area contributed by atoms with Gasteiger partial charge in [-0.2, -0.15) is 11.8 Å². The Hall–Kier alpha value is -0.440. The molecule has 1 saturated heterocycles. The van der Waals surface area contributed by atoms with Crippen molar-refractivity contribution in [2.75, 3.05) is 18.1 Å². The molecule has 1 heterocycles. The third-order valence-electron chi connectivity index (χ3n) is 2.69. The van der Waals surface area contributed by atoms with Crippen LogP contribution >= 0.6 is 11.8 Å². The predicted molar refractivity (Wildman–Crippen MR) is 55.8 cm³/mol. The second kappa shape index (κ2) is 3.74. The van der Waals surface area contributed by atoms with Crippen LogP contribution in [0.3, 0.4) is 0 Å². The lowest BCUT2D eigenvalue weighted by atomic mass is 10.2. The van der Waals surface area contributed by atoms with Gasteiger partial charge < -0.3 is 4.90 Å². The van der Waals surface area contributed by atoms with Crippen LogP contribution in [0.5, 0.6) is 0 Å². The molecule has 1 aliphatic carbocycles. The van der Waals surface area contributed by atoms with Crippen molar-refractivity contribution in [2.45, 2.75) is 25.8 Å². The van der Waals surface area contributed by atoms with Crippen molar-refractivity contribution in [3.8, 4) is 0 Å². The summed E-state index contributed by atoms with van der Waals surface area (Å²) in [5.74, 6) is 2.71. The van der Waals surface area contributed by atoms with E-state index in [2.05, 4.69) is 11.8 Å². The molecule has 1 aliphatic heterocycles. The van der Waals surface area contributed by atoms with E-state index in [0.29, 0.717) is 11.8 Å². The molecule has 1 unspecified atom stereocenters. The number of rotatable bonds is 1. The van der Waals surface area contributed by atoms with Crippen molar-refractivity contribution in [3.63, 3.8) is 0 Å². The van der Waals surface area contributed by atoms with Crippen LogP contribution in [0.15, 0.2) is 11.8 Å². The molecule has 13 heavy (non-hydrogen) atoms. The zero-order chi connectivity index (χ0) is 9.26. The van der Waals surface area contributed by atoms with Crippen molar-refractivity contribution < 1.29 is 4.79 Å². The third-order valence-corrected chi connectivity index (χ3v) is 3.88. The molecular formula is C10H15NOS. The normalized spacial score (nSPS) is 29.3. The molecule has 2 rings (SSSR count). The quantitative estimate of drug-likeness (QED) is 0.638. The molecule has 0 aromatic rings. The lowest BCUT2D eigenvalue weighted by Gasteiger charge is -2.35. The maximum atomic E-state index is 11.1. The van der Waals surface area contributed by atoms with Gasteiger partial charge in [0.05, 0.1) is 0 Å². The number of carbonyl (C=O) groups is 1. The van der Waals surface area contributed by atoms with E-state index in [1.54, 1.807) is 0 Å². The van der Waals surface area contributed by atoms with E-state index in [4.69, 9.17) is 0 Å². The second-order valence-electron chi connectivity index (χ2n) is 3.72. The van der Waals surface area contributed by atoms with Gasteiger partial charge in [-0.15, -0.1) is 0 Å². The van der Waals surface area contributed by atoms with E-state index in [9.17, 15) is 4.79 Å². The van der Waals surface area contributed by atoms with E-state index in [1.165, 1.54) is 17.2 Å². The van der Waals surface area contributed by atoms with Gasteiger partial charge in [-0.25, -0.2) is 0 Å². The summed E-state index contributed by atoms with van der Waals surface area (Å²) in [5.41, 5.74) is 1.28. The molecule has 2 nitrogen and oxygen atoms in total. The van der Waals surface area contributed by atoms with E-state index < -0.39 is 0 Å². The number of hydrogen-bond acceptors (Lipinski definition) is 3. The Kier molecular flexibility index (Phi) is 2.63. The summed E-state index contributed by atoms with van der Waals surface area (Å²) in [6.07, 6.45) is 3.53. The fourth-order valence-corrected chi connectivity index (χ4v) is 2.98. The highest BCUT2D eigenvalue weighted by molar-refractivity contribution is 7.99. The number of allylic oxidation sites excluding steroid dienone is 2. The van der Waals surface area contributed by atoms with E-state index >= 15 is 0 Å². The molecule has 3 heteroatoms.